The molecule has 0 unspecified atom stereocenters. The molecule has 0 saturated carbocycles. The van der Waals surface area contributed by atoms with E-state index in [-0.39, 0.29) is 5.91 Å². The number of benzene rings is 2. The third kappa shape index (κ3) is 5.83. The number of aryl methyl sites for hydroxylation is 1. The van der Waals surface area contributed by atoms with Crippen molar-refractivity contribution in [2.75, 3.05) is 20.0 Å². The number of carbonyl (C=O) groups excluding carboxylic acids is 1. The van der Waals surface area contributed by atoms with Gasteiger partial charge in [0, 0.05) is 17.4 Å². The maximum absolute atomic E-state index is 11.9. The number of nitrogens with zero attached hydrogens (tertiary/aromatic N) is 1. The molecule has 5 nitrogen and oxygen atoms in total. The number of rotatable bonds is 8. The van der Waals surface area contributed by atoms with Crippen LogP contribution >= 0.6 is 11.8 Å². The second-order valence-electron chi connectivity index (χ2n) is 5.32. The molecule has 1 N–H and O–H groups in total. The van der Waals surface area contributed by atoms with E-state index in [1.807, 2.05) is 24.3 Å². The van der Waals surface area contributed by atoms with Crippen molar-refractivity contribution in [3.8, 4) is 11.5 Å². The van der Waals surface area contributed by atoms with Crippen molar-refractivity contribution in [1.29, 1.82) is 0 Å². The van der Waals surface area contributed by atoms with Gasteiger partial charge in [-0.2, -0.15) is 5.10 Å². The fraction of sp³-hybridized carbons (Fsp3) is 0.263. The molecule has 2 aromatic carbocycles. The van der Waals surface area contributed by atoms with E-state index < -0.39 is 0 Å². The highest BCUT2D eigenvalue weighted by molar-refractivity contribution is 7.99. The number of methoxy groups -OCH3 is 2. The molecular weight excluding hydrogens is 336 g/mol. The van der Waals surface area contributed by atoms with Gasteiger partial charge < -0.3 is 9.47 Å². The summed E-state index contributed by atoms with van der Waals surface area (Å²) in [6, 6.07) is 13.6. The molecule has 132 valence electrons. The van der Waals surface area contributed by atoms with Crippen LogP contribution in [0.1, 0.15) is 16.7 Å². The van der Waals surface area contributed by atoms with Gasteiger partial charge in [-0.25, -0.2) is 5.43 Å². The molecule has 0 aromatic heterocycles. The molecule has 0 radical (unpaired) electrons. The molecule has 0 aliphatic carbocycles. The number of hydrogen-bond acceptors (Lipinski definition) is 5. The number of hydrogen-bond donors (Lipinski definition) is 1. The molecule has 0 spiro atoms. The third-order valence-electron chi connectivity index (χ3n) is 3.59. The van der Waals surface area contributed by atoms with Gasteiger partial charge in [0.1, 0.15) is 11.5 Å². The van der Waals surface area contributed by atoms with E-state index in [4.69, 9.17) is 9.47 Å². The highest BCUT2D eigenvalue weighted by atomic mass is 32.2. The van der Waals surface area contributed by atoms with Crippen LogP contribution in [0.3, 0.4) is 0 Å². The molecular formula is C19H22N2O3S. The average molecular weight is 358 g/mol. The smallest absolute Gasteiger partial charge is 0.250 e. The zero-order valence-electron chi connectivity index (χ0n) is 14.6. The summed E-state index contributed by atoms with van der Waals surface area (Å²) in [6.45, 7) is 2.07. The zero-order valence-corrected chi connectivity index (χ0v) is 15.4. The molecule has 0 fully saturated rings. The van der Waals surface area contributed by atoms with Crippen molar-refractivity contribution < 1.29 is 14.3 Å². The second kappa shape index (κ2) is 9.74. The Morgan fingerprint density at radius 3 is 2.72 bits per heavy atom. The van der Waals surface area contributed by atoms with Crippen molar-refractivity contribution in [2.45, 2.75) is 12.7 Å². The minimum Gasteiger partial charge on any atom is -0.497 e. The molecule has 1 amide bonds. The first-order valence-electron chi connectivity index (χ1n) is 7.80. The van der Waals surface area contributed by atoms with E-state index in [9.17, 15) is 4.79 Å². The van der Waals surface area contributed by atoms with Crippen LogP contribution in [0.5, 0.6) is 11.5 Å². The van der Waals surface area contributed by atoms with Gasteiger partial charge in [0.2, 0.25) is 5.91 Å². The van der Waals surface area contributed by atoms with Crippen LogP contribution in [-0.2, 0) is 10.5 Å². The van der Waals surface area contributed by atoms with E-state index >= 15 is 0 Å². The molecule has 0 atom stereocenters. The van der Waals surface area contributed by atoms with E-state index in [2.05, 4.69) is 29.6 Å². The maximum Gasteiger partial charge on any atom is 0.250 e. The summed E-state index contributed by atoms with van der Waals surface area (Å²) in [5, 5.41) is 3.99. The summed E-state index contributed by atoms with van der Waals surface area (Å²) < 4.78 is 10.4. The SMILES string of the molecule is COc1ccc(/C=N\NC(=O)CSCc2ccccc2C)c(OC)c1. The van der Waals surface area contributed by atoms with Gasteiger partial charge >= 0.3 is 0 Å². The van der Waals surface area contributed by atoms with Gasteiger partial charge in [0.15, 0.2) is 0 Å². The first-order valence-corrected chi connectivity index (χ1v) is 8.95. The van der Waals surface area contributed by atoms with E-state index in [1.54, 1.807) is 38.3 Å². The summed E-state index contributed by atoms with van der Waals surface area (Å²) in [5.74, 6) is 2.35. The van der Waals surface area contributed by atoms with Crippen molar-refractivity contribution in [3.05, 3.63) is 59.2 Å². The number of amides is 1. The Hall–Kier alpha value is -2.47. The minimum absolute atomic E-state index is 0.137. The first kappa shape index (κ1) is 18.9. The highest BCUT2D eigenvalue weighted by Crippen LogP contribution is 2.23. The Morgan fingerprint density at radius 1 is 1.20 bits per heavy atom. The van der Waals surface area contributed by atoms with Crippen LogP contribution in [0.4, 0.5) is 0 Å². The Kier molecular flexibility index (Phi) is 7.35. The predicted molar refractivity (Wildman–Crippen MR) is 103 cm³/mol. The lowest BCUT2D eigenvalue weighted by molar-refractivity contribution is -0.118. The standard InChI is InChI=1S/C19H22N2O3S/c1-14-6-4-5-7-16(14)12-25-13-19(22)21-20-11-15-8-9-17(23-2)10-18(15)24-3/h4-11H,12-13H2,1-3H3,(H,21,22)/b20-11-. The van der Waals surface area contributed by atoms with Crippen LogP contribution in [-0.4, -0.2) is 32.1 Å². The third-order valence-corrected chi connectivity index (χ3v) is 4.57. The number of carbonyl (C=O) groups is 1. The van der Waals surface area contributed by atoms with E-state index in [1.165, 1.54) is 11.1 Å². The van der Waals surface area contributed by atoms with Crippen molar-refractivity contribution in [2.24, 2.45) is 5.10 Å². The summed E-state index contributed by atoms with van der Waals surface area (Å²) in [5.41, 5.74) is 5.77. The van der Waals surface area contributed by atoms with Crippen LogP contribution < -0.4 is 14.9 Å². The number of hydrazone groups is 1. The van der Waals surface area contributed by atoms with Gasteiger partial charge in [0.25, 0.3) is 0 Å². The van der Waals surface area contributed by atoms with Crippen molar-refractivity contribution in [3.63, 3.8) is 0 Å². The number of nitrogens with one attached hydrogen (secondary N) is 1. The fourth-order valence-corrected chi connectivity index (χ4v) is 3.05. The largest absolute Gasteiger partial charge is 0.497 e. The monoisotopic (exact) mass is 358 g/mol. The maximum atomic E-state index is 11.9. The summed E-state index contributed by atoms with van der Waals surface area (Å²) in [7, 11) is 3.17. The second-order valence-corrected chi connectivity index (χ2v) is 6.31. The van der Waals surface area contributed by atoms with Gasteiger partial charge in [-0.05, 0) is 30.2 Å². The Balaban J connectivity index is 1.81. The summed E-state index contributed by atoms with van der Waals surface area (Å²) >= 11 is 1.56. The first-order chi connectivity index (χ1) is 12.1. The Labute approximate surface area is 152 Å². The summed E-state index contributed by atoms with van der Waals surface area (Å²) in [4.78, 5) is 11.9. The van der Waals surface area contributed by atoms with Gasteiger partial charge in [-0.1, -0.05) is 24.3 Å². The molecule has 0 aliphatic rings. The quantitative estimate of drug-likeness (QED) is 0.580. The molecule has 0 saturated heterocycles. The normalized spacial score (nSPS) is 10.7. The highest BCUT2D eigenvalue weighted by Gasteiger charge is 2.04. The lowest BCUT2D eigenvalue weighted by Crippen LogP contribution is -2.19. The molecule has 6 heteroatoms. The molecule has 0 aliphatic heterocycles. The Morgan fingerprint density at radius 2 is 2.00 bits per heavy atom. The van der Waals surface area contributed by atoms with Crippen LogP contribution in [0.25, 0.3) is 0 Å². The fourth-order valence-electron chi connectivity index (χ4n) is 2.16. The van der Waals surface area contributed by atoms with Gasteiger partial charge in [-0.3, -0.25) is 4.79 Å². The molecule has 2 rings (SSSR count). The topological polar surface area (TPSA) is 59.9 Å². The van der Waals surface area contributed by atoms with Gasteiger partial charge in [-0.15, -0.1) is 11.8 Å². The van der Waals surface area contributed by atoms with Crippen LogP contribution in [0, 0.1) is 6.92 Å². The molecule has 25 heavy (non-hydrogen) atoms. The van der Waals surface area contributed by atoms with Crippen LogP contribution in [0.2, 0.25) is 0 Å². The van der Waals surface area contributed by atoms with Crippen molar-refractivity contribution >= 4 is 23.9 Å². The average Bonchev–Trinajstić information content (AvgIpc) is 2.63. The lowest BCUT2D eigenvalue weighted by atomic mass is 10.1. The summed E-state index contributed by atoms with van der Waals surface area (Å²) in [6.07, 6.45) is 1.56. The van der Waals surface area contributed by atoms with Gasteiger partial charge in [0.05, 0.1) is 26.2 Å². The molecule has 0 heterocycles. The molecule has 2 aromatic rings. The predicted octanol–water partition coefficient (Wildman–Crippen LogP) is 3.40. The molecule has 0 bridgehead atoms. The zero-order chi connectivity index (χ0) is 18.1. The van der Waals surface area contributed by atoms with Crippen LogP contribution in [0.15, 0.2) is 47.6 Å². The number of thioether (sulfide) groups is 1. The minimum atomic E-state index is -0.137. The Bertz CT molecular complexity index is 747. The van der Waals surface area contributed by atoms with E-state index in [0.717, 1.165) is 11.3 Å². The van der Waals surface area contributed by atoms with E-state index in [0.29, 0.717) is 17.3 Å². The number of ether oxygens (including phenoxy) is 2. The lowest BCUT2D eigenvalue weighted by Gasteiger charge is -2.07. The van der Waals surface area contributed by atoms with Crippen molar-refractivity contribution in [1.82, 2.24) is 5.43 Å².